The maximum Gasteiger partial charge on any atom is 0.411 e. The van der Waals surface area contributed by atoms with Crippen molar-refractivity contribution in [1.82, 2.24) is 5.32 Å². The van der Waals surface area contributed by atoms with Crippen LogP contribution in [0.25, 0.3) is 0 Å². The third-order valence-corrected chi connectivity index (χ3v) is 2.36. The zero-order valence-electron chi connectivity index (χ0n) is 9.53. The molecule has 0 fully saturated rings. The molecule has 2 unspecified atom stereocenters. The van der Waals surface area contributed by atoms with Gasteiger partial charge in [-0.1, -0.05) is 13.8 Å². The molecule has 0 rings (SSSR count). The molecule has 0 aromatic carbocycles. The van der Waals surface area contributed by atoms with E-state index in [9.17, 15) is 13.2 Å². The summed E-state index contributed by atoms with van der Waals surface area (Å²) in [5.74, 6) is 0.318. The second-order valence-corrected chi connectivity index (χ2v) is 3.78. The van der Waals surface area contributed by atoms with Crippen molar-refractivity contribution in [2.24, 2.45) is 5.92 Å². The van der Waals surface area contributed by atoms with Crippen molar-refractivity contribution in [3.63, 3.8) is 0 Å². The Morgan fingerprint density at radius 2 is 1.87 bits per heavy atom. The molecule has 92 valence electrons. The third kappa shape index (κ3) is 8.69. The molecule has 0 saturated heterocycles. The predicted octanol–water partition coefficient (Wildman–Crippen LogP) is 2.59. The van der Waals surface area contributed by atoms with Crippen molar-refractivity contribution < 1.29 is 17.9 Å². The zero-order valence-corrected chi connectivity index (χ0v) is 9.53. The van der Waals surface area contributed by atoms with Crippen LogP contribution in [0.2, 0.25) is 0 Å². The Morgan fingerprint density at radius 1 is 1.27 bits per heavy atom. The van der Waals surface area contributed by atoms with Crippen LogP contribution in [0.1, 0.15) is 27.2 Å². The van der Waals surface area contributed by atoms with Gasteiger partial charge in [0.1, 0.15) is 6.61 Å². The number of hydrogen-bond donors (Lipinski definition) is 1. The summed E-state index contributed by atoms with van der Waals surface area (Å²) in [6.07, 6.45) is -3.57. The van der Waals surface area contributed by atoms with Gasteiger partial charge in [0.25, 0.3) is 0 Å². The smallest absolute Gasteiger partial charge is 0.372 e. The molecular formula is C10H20F3NO. The summed E-state index contributed by atoms with van der Waals surface area (Å²) in [5.41, 5.74) is 0. The molecule has 0 aliphatic carbocycles. The number of ether oxygens (including phenoxy) is 1. The van der Waals surface area contributed by atoms with E-state index < -0.39 is 12.8 Å². The summed E-state index contributed by atoms with van der Waals surface area (Å²) in [7, 11) is 0. The third-order valence-electron chi connectivity index (χ3n) is 2.36. The van der Waals surface area contributed by atoms with E-state index in [2.05, 4.69) is 10.1 Å². The summed E-state index contributed by atoms with van der Waals surface area (Å²) in [5, 5.41) is 3.22. The van der Waals surface area contributed by atoms with Crippen LogP contribution in [-0.2, 0) is 4.74 Å². The van der Waals surface area contributed by atoms with Crippen LogP contribution in [-0.4, -0.2) is 32.0 Å². The lowest BCUT2D eigenvalue weighted by molar-refractivity contribution is -0.174. The van der Waals surface area contributed by atoms with Gasteiger partial charge in [-0.2, -0.15) is 13.2 Å². The van der Waals surface area contributed by atoms with Gasteiger partial charge in [-0.3, -0.25) is 0 Å². The minimum atomic E-state index is -4.21. The Hall–Kier alpha value is -0.290. The molecule has 15 heavy (non-hydrogen) atoms. The Labute approximate surface area is 89.2 Å². The van der Waals surface area contributed by atoms with Gasteiger partial charge in [-0.15, -0.1) is 0 Å². The van der Waals surface area contributed by atoms with Gasteiger partial charge in [0.15, 0.2) is 0 Å². The fourth-order valence-corrected chi connectivity index (χ4v) is 1.23. The highest BCUT2D eigenvalue weighted by Gasteiger charge is 2.27. The molecule has 0 heterocycles. The van der Waals surface area contributed by atoms with Crippen molar-refractivity contribution in [2.75, 3.05) is 19.8 Å². The molecular weight excluding hydrogens is 207 g/mol. The first-order valence-electron chi connectivity index (χ1n) is 5.24. The van der Waals surface area contributed by atoms with Crippen LogP contribution in [0.5, 0.6) is 0 Å². The number of hydrogen-bond acceptors (Lipinski definition) is 2. The van der Waals surface area contributed by atoms with Gasteiger partial charge in [-0.25, -0.2) is 0 Å². The lowest BCUT2D eigenvalue weighted by Gasteiger charge is -2.20. The Morgan fingerprint density at radius 3 is 2.33 bits per heavy atom. The quantitative estimate of drug-likeness (QED) is 0.675. The molecule has 0 aliphatic rings. The number of alkyl halides is 3. The normalized spacial score (nSPS) is 16.4. The van der Waals surface area contributed by atoms with E-state index >= 15 is 0 Å². The molecule has 0 aliphatic heterocycles. The topological polar surface area (TPSA) is 21.3 Å². The van der Waals surface area contributed by atoms with Crippen molar-refractivity contribution in [2.45, 2.75) is 39.4 Å². The van der Waals surface area contributed by atoms with Crippen LogP contribution >= 0.6 is 0 Å². The maximum absolute atomic E-state index is 11.7. The molecule has 0 saturated carbocycles. The van der Waals surface area contributed by atoms with Crippen LogP contribution in [0, 0.1) is 5.92 Å². The van der Waals surface area contributed by atoms with E-state index in [4.69, 9.17) is 0 Å². The van der Waals surface area contributed by atoms with Crippen molar-refractivity contribution in [1.29, 1.82) is 0 Å². The SMILES string of the molecule is CCNC(C)C(C)CCOCC(F)(F)F. The largest absolute Gasteiger partial charge is 0.411 e. The molecule has 2 atom stereocenters. The van der Waals surface area contributed by atoms with Gasteiger partial charge in [0.05, 0.1) is 0 Å². The first-order chi connectivity index (χ1) is 6.87. The van der Waals surface area contributed by atoms with Gasteiger partial charge >= 0.3 is 6.18 Å². The average molecular weight is 227 g/mol. The zero-order chi connectivity index (χ0) is 11.9. The first kappa shape index (κ1) is 14.7. The van der Waals surface area contributed by atoms with Crippen LogP contribution in [0.4, 0.5) is 13.2 Å². The Bertz CT molecular complexity index is 161. The molecule has 0 spiro atoms. The summed E-state index contributed by atoms with van der Waals surface area (Å²) < 4.78 is 39.7. The van der Waals surface area contributed by atoms with Gasteiger partial charge in [0, 0.05) is 12.6 Å². The van der Waals surface area contributed by atoms with E-state index in [1.807, 2.05) is 20.8 Å². The van der Waals surface area contributed by atoms with E-state index in [0.29, 0.717) is 18.4 Å². The lowest BCUT2D eigenvalue weighted by Crippen LogP contribution is -2.32. The van der Waals surface area contributed by atoms with E-state index in [0.717, 1.165) is 6.54 Å². The molecule has 1 N–H and O–H groups in total. The molecule has 0 radical (unpaired) electrons. The second-order valence-electron chi connectivity index (χ2n) is 3.78. The van der Waals surface area contributed by atoms with Gasteiger partial charge < -0.3 is 10.1 Å². The summed E-state index contributed by atoms with van der Waals surface area (Å²) in [6, 6.07) is 0.310. The molecule has 0 amide bonds. The van der Waals surface area contributed by atoms with E-state index in [1.54, 1.807) is 0 Å². The van der Waals surface area contributed by atoms with Gasteiger partial charge in [-0.05, 0) is 25.8 Å². The number of rotatable bonds is 7. The monoisotopic (exact) mass is 227 g/mol. The van der Waals surface area contributed by atoms with E-state index in [1.165, 1.54) is 0 Å². The number of nitrogens with one attached hydrogen (secondary N) is 1. The lowest BCUT2D eigenvalue weighted by atomic mass is 10.0. The Balaban J connectivity index is 3.50. The average Bonchev–Trinajstić information content (AvgIpc) is 2.11. The maximum atomic E-state index is 11.7. The minimum Gasteiger partial charge on any atom is -0.372 e. The predicted molar refractivity (Wildman–Crippen MR) is 53.8 cm³/mol. The summed E-state index contributed by atoms with van der Waals surface area (Å²) in [6.45, 7) is 5.92. The highest BCUT2D eigenvalue weighted by atomic mass is 19.4. The highest BCUT2D eigenvalue weighted by molar-refractivity contribution is 4.67. The first-order valence-corrected chi connectivity index (χ1v) is 5.24. The standard InChI is InChI=1S/C10H20F3NO/c1-4-14-9(3)8(2)5-6-15-7-10(11,12)13/h8-9,14H,4-7H2,1-3H3. The van der Waals surface area contributed by atoms with Gasteiger partial charge in [0.2, 0.25) is 0 Å². The fraction of sp³-hybridized carbons (Fsp3) is 1.00. The molecule has 0 bridgehead atoms. The molecule has 0 aromatic heterocycles. The van der Waals surface area contributed by atoms with Crippen LogP contribution in [0.3, 0.4) is 0 Å². The highest BCUT2D eigenvalue weighted by Crippen LogP contribution is 2.15. The molecule has 2 nitrogen and oxygen atoms in total. The fourth-order valence-electron chi connectivity index (χ4n) is 1.23. The summed E-state index contributed by atoms with van der Waals surface area (Å²) >= 11 is 0. The van der Waals surface area contributed by atoms with E-state index in [-0.39, 0.29) is 6.61 Å². The number of halogens is 3. The van der Waals surface area contributed by atoms with Crippen LogP contribution in [0.15, 0.2) is 0 Å². The molecule has 0 aromatic rings. The van der Waals surface area contributed by atoms with Crippen LogP contribution < -0.4 is 5.32 Å². The minimum absolute atomic E-state index is 0.163. The second kappa shape index (κ2) is 7.06. The van der Waals surface area contributed by atoms with Crippen molar-refractivity contribution in [3.05, 3.63) is 0 Å². The molecule has 5 heteroatoms. The Kier molecular flexibility index (Phi) is 6.92. The van der Waals surface area contributed by atoms with Crippen molar-refractivity contribution in [3.8, 4) is 0 Å². The van der Waals surface area contributed by atoms with Crippen molar-refractivity contribution >= 4 is 0 Å². The summed E-state index contributed by atoms with van der Waals surface area (Å²) in [4.78, 5) is 0.